The van der Waals surface area contributed by atoms with Crippen molar-refractivity contribution < 1.29 is 9.13 Å². The van der Waals surface area contributed by atoms with E-state index in [1.165, 1.54) is 6.07 Å². The van der Waals surface area contributed by atoms with Gasteiger partial charge in [0, 0.05) is 21.6 Å². The third-order valence-electron chi connectivity index (χ3n) is 2.90. The first-order valence-corrected chi connectivity index (χ1v) is 7.27. The van der Waals surface area contributed by atoms with Gasteiger partial charge in [-0.3, -0.25) is 0 Å². The highest BCUT2D eigenvalue weighted by atomic mass is 79.9. The lowest BCUT2D eigenvalue weighted by atomic mass is 10.1. The van der Waals surface area contributed by atoms with Gasteiger partial charge >= 0.3 is 0 Å². The van der Waals surface area contributed by atoms with Crippen LogP contribution in [0.3, 0.4) is 0 Å². The van der Waals surface area contributed by atoms with Gasteiger partial charge in [0.1, 0.15) is 18.2 Å². The Balaban J connectivity index is 2.23. The fourth-order valence-corrected chi connectivity index (χ4v) is 2.42. The lowest BCUT2D eigenvalue weighted by Crippen LogP contribution is -2.08. The van der Waals surface area contributed by atoms with Crippen LogP contribution in [0.25, 0.3) is 0 Å². The van der Waals surface area contributed by atoms with Crippen LogP contribution in [0.2, 0.25) is 5.02 Å². The second-order valence-electron chi connectivity index (χ2n) is 4.46. The maximum Gasteiger partial charge on any atom is 0.131 e. The molecular formula is C15H14BrClFNO. The molecule has 106 valence electrons. The topological polar surface area (TPSA) is 35.2 Å². The van der Waals surface area contributed by atoms with Crippen molar-refractivity contribution in [1.29, 1.82) is 0 Å². The first-order chi connectivity index (χ1) is 9.49. The number of hydrogen-bond acceptors (Lipinski definition) is 2. The van der Waals surface area contributed by atoms with E-state index < -0.39 is 0 Å². The van der Waals surface area contributed by atoms with Gasteiger partial charge in [-0.2, -0.15) is 0 Å². The number of halogens is 3. The summed E-state index contributed by atoms with van der Waals surface area (Å²) in [5.41, 5.74) is 7.11. The number of ether oxygens (including phenoxy) is 1. The van der Waals surface area contributed by atoms with Gasteiger partial charge in [0.2, 0.25) is 0 Å². The monoisotopic (exact) mass is 357 g/mol. The Morgan fingerprint density at radius 2 is 2.10 bits per heavy atom. The zero-order valence-corrected chi connectivity index (χ0v) is 13.2. The van der Waals surface area contributed by atoms with Crippen LogP contribution in [0.15, 0.2) is 40.9 Å². The average Bonchev–Trinajstić information content (AvgIpc) is 2.39. The second-order valence-corrected chi connectivity index (χ2v) is 5.78. The van der Waals surface area contributed by atoms with Crippen molar-refractivity contribution in [2.24, 2.45) is 5.73 Å². The summed E-state index contributed by atoms with van der Waals surface area (Å²) < 4.78 is 20.3. The Labute approximate surface area is 130 Å². The van der Waals surface area contributed by atoms with Crippen LogP contribution in [0.1, 0.15) is 24.1 Å². The van der Waals surface area contributed by atoms with Crippen molar-refractivity contribution in [2.45, 2.75) is 19.6 Å². The zero-order chi connectivity index (χ0) is 14.7. The van der Waals surface area contributed by atoms with Crippen LogP contribution < -0.4 is 10.5 Å². The van der Waals surface area contributed by atoms with Crippen molar-refractivity contribution in [1.82, 2.24) is 0 Å². The molecule has 2 aromatic rings. The molecule has 0 aliphatic carbocycles. The smallest absolute Gasteiger partial charge is 0.131 e. The molecule has 0 bridgehead atoms. The van der Waals surface area contributed by atoms with E-state index in [0.717, 1.165) is 10.0 Å². The fourth-order valence-electron chi connectivity index (χ4n) is 1.83. The maximum absolute atomic E-state index is 13.7. The van der Waals surface area contributed by atoms with E-state index in [1.807, 2.05) is 19.1 Å². The molecule has 0 radical (unpaired) electrons. The largest absolute Gasteiger partial charge is 0.488 e. The molecule has 0 heterocycles. The van der Waals surface area contributed by atoms with Gasteiger partial charge in [0.15, 0.2) is 0 Å². The van der Waals surface area contributed by atoms with Gasteiger partial charge in [-0.1, -0.05) is 33.6 Å². The average molecular weight is 359 g/mol. The number of hydrogen-bond donors (Lipinski definition) is 1. The van der Waals surface area contributed by atoms with E-state index in [0.29, 0.717) is 16.3 Å². The van der Waals surface area contributed by atoms with Crippen molar-refractivity contribution in [3.05, 3.63) is 62.8 Å². The van der Waals surface area contributed by atoms with Crippen molar-refractivity contribution >= 4 is 27.5 Å². The Bertz CT molecular complexity index is 599. The highest BCUT2D eigenvalue weighted by Crippen LogP contribution is 2.29. The van der Waals surface area contributed by atoms with E-state index in [2.05, 4.69) is 15.9 Å². The summed E-state index contributed by atoms with van der Waals surface area (Å²) in [6, 6.07) is 9.92. The Morgan fingerprint density at radius 1 is 1.35 bits per heavy atom. The standard InChI is InChI=1S/C15H14BrClFNO/c1-9(19)11-7-10(16)5-6-15(11)20-8-12-13(17)3-2-4-14(12)18/h2-7,9H,8,19H2,1H3/t9-/m0/s1. The Hall–Kier alpha value is -1.10. The molecule has 2 N–H and O–H groups in total. The lowest BCUT2D eigenvalue weighted by Gasteiger charge is -2.15. The summed E-state index contributed by atoms with van der Waals surface area (Å²) >= 11 is 9.36. The molecule has 0 spiro atoms. The molecular weight excluding hydrogens is 345 g/mol. The van der Waals surface area contributed by atoms with Crippen LogP contribution >= 0.6 is 27.5 Å². The minimum atomic E-state index is -0.378. The zero-order valence-electron chi connectivity index (χ0n) is 10.9. The molecule has 1 atom stereocenters. The third kappa shape index (κ3) is 3.51. The van der Waals surface area contributed by atoms with Crippen molar-refractivity contribution in [3.63, 3.8) is 0 Å². The van der Waals surface area contributed by atoms with Crippen LogP contribution in [0.5, 0.6) is 5.75 Å². The summed E-state index contributed by atoms with van der Waals surface area (Å²) in [5, 5.41) is 0.351. The van der Waals surface area contributed by atoms with E-state index in [1.54, 1.807) is 18.2 Å². The van der Waals surface area contributed by atoms with Gasteiger partial charge in [0.05, 0.1) is 5.02 Å². The molecule has 0 aliphatic rings. The first kappa shape index (κ1) is 15.3. The van der Waals surface area contributed by atoms with Crippen LogP contribution in [0.4, 0.5) is 4.39 Å². The van der Waals surface area contributed by atoms with Gasteiger partial charge < -0.3 is 10.5 Å². The van der Waals surface area contributed by atoms with Crippen molar-refractivity contribution in [3.8, 4) is 5.75 Å². The van der Waals surface area contributed by atoms with Crippen LogP contribution in [-0.2, 0) is 6.61 Å². The quantitative estimate of drug-likeness (QED) is 0.848. The summed E-state index contributed by atoms with van der Waals surface area (Å²) in [4.78, 5) is 0. The van der Waals surface area contributed by atoms with Crippen molar-refractivity contribution in [2.75, 3.05) is 0 Å². The molecule has 5 heteroatoms. The molecule has 2 aromatic carbocycles. The number of benzene rings is 2. The number of nitrogens with two attached hydrogens (primary N) is 1. The fraction of sp³-hybridized carbons (Fsp3) is 0.200. The summed E-state index contributed by atoms with van der Waals surface area (Å²) in [6.45, 7) is 1.93. The minimum Gasteiger partial charge on any atom is -0.488 e. The van der Waals surface area contributed by atoms with E-state index in [4.69, 9.17) is 22.1 Å². The molecule has 20 heavy (non-hydrogen) atoms. The van der Waals surface area contributed by atoms with Gasteiger partial charge in [0.25, 0.3) is 0 Å². The molecule has 0 saturated carbocycles. The van der Waals surface area contributed by atoms with Crippen LogP contribution in [-0.4, -0.2) is 0 Å². The lowest BCUT2D eigenvalue weighted by molar-refractivity contribution is 0.295. The molecule has 0 aromatic heterocycles. The molecule has 0 fully saturated rings. The third-order valence-corrected chi connectivity index (χ3v) is 3.74. The highest BCUT2D eigenvalue weighted by molar-refractivity contribution is 9.10. The molecule has 2 nitrogen and oxygen atoms in total. The van der Waals surface area contributed by atoms with E-state index in [-0.39, 0.29) is 18.5 Å². The van der Waals surface area contributed by atoms with Gasteiger partial charge in [-0.25, -0.2) is 4.39 Å². The predicted molar refractivity (Wildman–Crippen MR) is 82.5 cm³/mol. The first-order valence-electron chi connectivity index (χ1n) is 6.09. The van der Waals surface area contributed by atoms with Gasteiger partial charge in [-0.05, 0) is 37.3 Å². The predicted octanol–water partition coefficient (Wildman–Crippen LogP) is 4.84. The SMILES string of the molecule is C[C@H](N)c1cc(Br)ccc1OCc1c(F)cccc1Cl. The van der Waals surface area contributed by atoms with Gasteiger partial charge in [-0.15, -0.1) is 0 Å². The Kier molecular flexibility index (Phi) is 5.02. The maximum atomic E-state index is 13.7. The Morgan fingerprint density at radius 3 is 2.75 bits per heavy atom. The second kappa shape index (κ2) is 6.57. The van der Waals surface area contributed by atoms with Crippen LogP contribution in [0, 0.1) is 5.82 Å². The summed E-state index contributed by atoms with van der Waals surface area (Å²) in [7, 11) is 0. The molecule has 2 rings (SSSR count). The molecule has 0 saturated heterocycles. The summed E-state index contributed by atoms with van der Waals surface area (Å²) in [6.07, 6.45) is 0. The van der Waals surface area contributed by atoms with E-state index in [9.17, 15) is 4.39 Å². The summed E-state index contributed by atoms with van der Waals surface area (Å²) in [5.74, 6) is 0.250. The molecule has 0 amide bonds. The minimum absolute atomic E-state index is 0.0624. The van der Waals surface area contributed by atoms with E-state index >= 15 is 0 Å². The molecule has 0 unspecified atom stereocenters. The normalized spacial score (nSPS) is 12.2. The highest BCUT2D eigenvalue weighted by Gasteiger charge is 2.12. The number of rotatable bonds is 4. The molecule has 0 aliphatic heterocycles.